The summed E-state index contributed by atoms with van der Waals surface area (Å²) in [6.07, 6.45) is 2.54. The van der Waals surface area contributed by atoms with Crippen molar-refractivity contribution < 1.29 is 14.3 Å². The molecule has 4 nitrogen and oxygen atoms in total. The monoisotopic (exact) mass is 271 g/mol. The Morgan fingerprint density at radius 2 is 1.80 bits per heavy atom. The molecular formula is C16H17NO3. The van der Waals surface area contributed by atoms with Crippen molar-refractivity contribution in [1.29, 1.82) is 0 Å². The topological polar surface area (TPSA) is 48.4 Å². The third-order valence-electron chi connectivity index (χ3n) is 2.62. The third-order valence-corrected chi connectivity index (χ3v) is 2.62. The molecule has 0 spiro atoms. The number of pyridine rings is 1. The van der Waals surface area contributed by atoms with E-state index >= 15 is 0 Å². The van der Waals surface area contributed by atoms with Crippen LogP contribution < -0.4 is 4.74 Å². The lowest BCUT2D eigenvalue weighted by molar-refractivity contribution is -0.143. The van der Waals surface area contributed by atoms with Crippen LogP contribution in [-0.2, 0) is 16.0 Å². The van der Waals surface area contributed by atoms with E-state index < -0.39 is 0 Å². The van der Waals surface area contributed by atoms with Gasteiger partial charge in [-0.2, -0.15) is 0 Å². The molecule has 0 amide bonds. The molecule has 0 aliphatic carbocycles. The first-order valence-electron chi connectivity index (χ1n) is 6.58. The van der Waals surface area contributed by atoms with Crippen molar-refractivity contribution in [2.45, 2.75) is 12.8 Å². The molecule has 0 radical (unpaired) electrons. The molecule has 0 aliphatic rings. The van der Waals surface area contributed by atoms with Crippen LogP contribution >= 0.6 is 0 Å². The van der Waals surface area contributed by atoms with E-state index in [1.165, 1.54) is 0 Å². The second-order valence-electron chi connectivity index (χ2n) is 4.23. The SMILES string of the molecule is O=C(Cc1ccccn1)OCCCOc1ccccc1. The first kappa shape index (κ1) is 14.1. The van der Waals surface area contributed by atoms with E-state index in [1.807, 2.05) is 42.5 Å². The van der Waals surface area contributed by atoms with Gasteiger partial charge in [0.1, 0.15) is 5.75 Å². The van der Waals surface area contributed by atoms with Crippen molar-refractivity contribution in [1.82, 2.24) is 4.98 Å². The molecule has 0 N–H and O–H groups in total. The maximum atomic E-state index is 11.5. The van der Waals surface area contributed by atoms with E-state index in [2.05, 4.69) is 4.98 Å². The number of carbonyl (C=O) groups is 1. The number of aromatic nitrogens is 1. The summed E-state index contributed by atoms with van der Waals surface area (Å²) in [7, 11) is 0. The number of rotatable bonds is 7. The van der Waals surface area contributed by atoms with Gasteiger partial charge in [0.2, 0.25) is 0 Å². The fourth-order valence-electron chi connectivity index (χ4n) is 1.65. The van der Waals surface area contributed by atoms with Crippen molar-refractivity contribution in [3.05, 3.63) is 60.4 Å². The van der Waals surface area contributed by atoms with Crippen LogP contribution in [0.5, 0.6) is 5.75 Å². The minimum Gasteiger partial charge on any atom is -0.493 e. The van der Waals surface area contributed by atoms with Gasteiger partial charge in [-0.1, -0.05) is 24.3 Å². The fraction of sp³-hybridized carbons (Fsp3) is 0.250. The van der Waals surface area contributed by atoms with Gasteiger partial charge in [0.25, 0.3) is 0 Å². The lowest BCUT2D eigenvalue weighted by atomic mass is 10.3. The van der Waals surface area contributed by atoms with Gasteiger partial charge in [0.15, 0.2) is 0 Å². The molecule has 2 rings (SSSR count). The van der Waals surface area contributed by atoms with Crippen LogP contribution in [0.1, 0.15) is 12.1 Å². The number of hydrogen-bond acceptors (Lipinski definition) is 4. The Labute approximate surface area is 118 Å². The minimum atomic E-state index is -0.261. The highest BCUT2D eigenvalue weighted by Crippen LogP contribution is 2.08. The van der Waals surface area contributed by atoms with E-state index in [4.69, 9.17) is 9.47 Å². The summed E-state index contributed by atoms with van der Waals surface area (Å²) in [5, 5.41) is 0. The molecule has 20 heavy (non-hydrogen) atoms. The van der Waals surface area contributed by atoms with Crippen molar-refractivity contribution in [2.24, 2.45) is 0 Å². The average molecular weight is 271 g/mol. The van der Waals surface area contributed by atoms with Crippen LogP contribution in [0.3, 0.4) is 0 Å². The first-order valence-corrected chi connectivity index (χ1v) is 6.58. The zero-order chi connectivity index (χ0) is 14.0. The summed E-state index contributed by atoms with van der Waals surface area (Å²) < 4.78 is 10.6. The summed E-state index contributed by atoms with van der Waals surface area (Å²) in [5.41, 5.74) is 0.720. The van der Waals surface area contributed by atoms with Gasteiger partial charge < -0.3 is 9.47 Å². The van der Waals surface area contributed by atoms with Crippen LogP contribution in [0.2, 0.25) is 0 Å². The molecule has 0 aliphatic heterocycles. The Balaban J connectivity index is 1.58. The number of nitrogens with zero attached hydrogens (tertiary/aromatic N) is 1. The number of carbonyl (C=O) groups excluding carboxylic acids is 1. The van der Waals surface area contributed by atoms with Gasteiger partial charge in [0.05, 0.1) is 25.3 Å². The van der Waals surface area contributed by atoms with Gasteiger partial charge >= 0.3 is 5.97 Å². The summed E-state index contributed by atoms with van der Waals surface area (Å²) in [4.78, 5) is 15.6. The molecule has 0 saturated carbocycles. The summed E-state index contributed by atoms with van der Waals surface area (Å²) in [6.45, 7) is 0.888. The number of ether oxygens (including phenoxy) is 2. The molecule has 0 fully saturated rings. The van der Waals surface area contributed by atoms with Gasteiger partial charge in [-0.15, -0.1) is 0 Å². The predicted molar refractivity (Wildman–Crippen MR) is 75.5 cm³/mol. The van der Waals surface area contributed by atoms with E-state index in [-0.39, 0.29) is 12.4 Å². The highest BCUT2D eigenvalue weighted by Gasteiger charge is 2.05. The van der Waals surface area contributed by atoms with Crippen molar-refractivity contribution >= 4 is 5.97 Å². The van der Waals surface area contributed by atoms with E-state index in [1.54, 1.807) is 12.3 Å². The molecular weight excluding hydrogens is 254 g/mol. The predicted octanol–water partition coefficient (Wildman–Crippen LogP) is 2.64. The smallest absolute Gasteiger partial charge is 0.311 e. The molecule has 0 bridgehead atoms. The summed E-state index contributed by atoms with van der Waals surface area (Å²) in [6, 6.07) is 15.0. The number of para-hydroxylation sites is 1. The molecule has 2 aromatic rings. The molecule has 4 heteroatoms. The number of benzene rings is 1. The van der Waals surface area contributed by atoms with Crippen LogP contribution in [0.15, 0.2) is 54.7 Å². The Morgan fingerprint density at radius 3 is 2.55 bits per heavy atom. The standard InChI is InChI=1S/C16H17NO3/c18-16(13-14-7-4-5-10-17-14)20-12-6-11-19-15-8-2-1-3-9-15/h1-5,7-10H,6,11-13H2. The van der Waals surface area contributed by atoms with E-state index in [0.717, 1.165) is 11.4 Å². The van der Waals surface area contributed by atoms with Crippen molar-refractivity contribution in [2.75, 3.05) is 13.2 Å². The van der Waals surface area contributed by atoms with Crippen molar-refractivity contribution in [3.8, 4) is 5.75 Å². The summed E-state index contributed by atoms with van der Waals surface area (Å²) >= 11 is 0. The second-order valence-corrected chi connectivity index (χ2v) is 4.23. The average Bonchev–Trinajstić information content (AvgIpc) is 2.49. The maximum Gasteiger partial charge on any atom is 0.311 e. The van der Waals surface area contributed by atoms with Gasteiger partial charge in [-0.25, -0.2) is 0 Å². The van der Waals surface area contributed by atoms with E-state index in [9.17, 15) is 4.79 Å². The van der Waals surface area contributed by atoms with Crippen LogP contribution in [0.25, 0.3) is 0 Å². The first-order chi connectivity index (χ1) is 9.84. The Kier molecular flexibility index (Phi) is 5.58. The lowest BCUT2D eigenvalue weighted by Crippen LogP contribution is -2.11. The second kappa shape index (κ2) is 7.94. The highest BCUT2D eigenvalue weighted by molar-refractivity contribution is 5.71. The van der Waals surface area contributed by atoms with Crippen molar-refractivity contribution in [3.63, 3.8) is 0 Å². The largest absolute Gasteiger partial charge is 0.493 e. The zero-order valence-electron chi connectivity index (χ0n) is 11.2. The fourth-order valence-corrected chi connectivity index (χ4v) is 1.65. The van der Waals surface area contributed by atoms with Crippen LogP contribution in [0.4, 0.5) is 0 Å². The Bertz CT molecular complexity index is 514. The Hall–Kier alpha value is -2.36. The third kappa shape index (κ3) is 5.10. The molecule has 1 aromatic heterocycles. The highest BCUT2D eigenvalue weighted by atomic mass is 16.5. The zero-order valence-corrected chi connectivity index (χ0v) is 11.2. The molecule has 0 saturated heterocycles. The van der Waals surface area contributed by atoms with E-state index in [0.29, 0.717) is 19.6 Å². The summed E-state index contributed by atoms with van der Waals surface area (Å²) in [5.74, 6) is 0.565. The molecule has 0 atom stereocenters. The molecule has 1 heterocycles. The quantitative estimate of drug-likeness (QED) is 0.574. The van der Waals surface area contributed by atoms with Crippen LogP contribution in [-0.4, -0.2) is 24.2 Å². The van der Waals surface area contributed by atoms with Gasteiger partial charge in [0, 0.05) is 12.6 Å². The molecule has 1 aromatic carbocycles. The maximum absolute atomic E-state index is 11.5. The number of esters is 1. The molecule has 0 unspecified atom stereocenters. The molecule has 104 valence electrons. The van der Waals surface area contributed by atoms with Gasteiger partial charge in [-0.3, -0.25) is 9.78 Å². The van der Waals surface area contributed by atoms with Crippen LogP contribution in [0, 0.1) is 0 Å². The number of hydrogen-bond donors (Lipinski definition) is 0. The minimum absolute atomic E-state index is 0.209. The lowest BCUT2D eigenvalue weighted by Gasteiger charge is -2.06. The normalized spacial score (nSPS) is 10.0. The Morgan fingerprint density at radius 1 is 1.00 bits per heavy atom. The van der Waals surface area contributed by atoms with Gasteiger partial charge in [-0.05, 0) is 24.3 Å².